The fourth-order valence-electron chi connectivity index (χ4n) is 3.00. The van der Waals surface area contributed by atoms with Gasteiger partial charge in [0.15, 0.2) is 23.3 Å². The van der Waals surface area contributed by atoms with E-state index in [9.17, 15) is 46.2 Å². The van der Waals surface area contributed by atoms with Gasteiger partial charge in [-0.15, -0.1) is 11.8 Å². The van der Waals surface area contributed by atoms with Crippen molar-refractivity contribution in [2.24, 2.45) is 0 Å². The van der Waals surface area contributed by atoms with E-state index in [4.69, 9.17) is 4.74 Å². The Morgan fingerprint density at radius 3 is 2.16 bits per heavy atom. The van der Waals surface area contributed by atoms with Gasteiger partial charge in [-0.25, -0.2) is 26.7 Å². The van der Waals surface area contributed by atoms with Crippen LogP contribution in [0, 0.1) is 29.1 Å². The number of carboxylic acids is 1. The van der Waals surface area contributed by atoms with Gasteiger partial charge in [-0.3, -0.25) is 19.3 Å². The zero-order valence-electron chi connectivity index (χ0n) is 15.3. The smallest absolute Gasteiger partial charge is 0.352 e. The number of ether oxygens (including phenoxy) is 1. The van der Waals surface area contributed by atoms with Crippen LogP contribution < -0.4 is 5.32 Å². The molecule has 2 amide bonds. The van der Waals surface area contributed by atoms with E-state index in [1.807, 2.05) is 5.32 Å². The van der Waals surface area contributed by atoms with Gasteiger partial charge in [0.05, 0.1) is 0 Å². The summed E-state index contributed by atoms with van der Waals surface area (Å²) in [6, 6.07) is -1.49. The Labute approximate surface area is 174 Å². The summed E-state index contributed by atoms with van der Waals surface area (Å²) >= 11 is 0.942. The number of thioether (sulfide) groups is 1. The Morgan fingerprint density at radius 1 is 1.10 bits per heavy atom. The topological polar surface area (TPSA) is 113 Å². The molecule has 14 heteroatoms. The zero-order chi connectivity index (χ0) is 23.2. The number of hydrogen-bond acceptors (Lipinski definition) is 6. The van der Waals surface area contributed by atoms with Crippen LogP contribution in [0.1, 0.15) is 17.3 Å². The van der Waals surface area contributed by atoms with Gasteiger partial charge in [0.1, 0.15) is 29.3 Å². The van der Waals surface area contributed by atoms with Gasteiger partial charge < -0.3 is 15.2 Å². The molecule has 2 N–H and O–H groups in total. The number of benzene rings is 1. The van der Waals surface area contributed by atoms with Gasteiger partial charge >= 0.3 is 11.9 Å². The number of esters is 1. The summed E-state index contributed by atoms with van der Waals surface area (Å²) in [7, 11) is 0. The minimum absolute atomic E-state index is 0.0295. The molecular formula is C17H11F5N2O6S. The highest BCUT2D eigenvalue weighted by Crippen LogP contribution is 2.40. The molecular weight excluding hydrogens is 455 g/mol. The number of hydrogen-bond donors (Lipinski definition) is 2. The first-order chi connectivity index (χ1) is 14.5. The average molecular weight is 466 g/mol. The maximum atomic E-state index is 13.8. The molecule has 3 rings (SSSR count). The number of carboxylic acid groups (broad SMARTS) is 1. The normalized spacial score (nSPS) is 20.2. The number of amides is 2. The molecule has 8 nitrogen and oxygen atoms in total. The molecule has 0 unspecified atom stereocenters. The van der Waals surface area contributed by atoms with E-state index < -0.39 is 82.1 Å². The number of fused-ring (bicyclic) bond motifs is 1. The Balaban J connectivity index is 1.85. The van der Waals surface area contributed by atoms with E-state index >= 15 is 0 Å². The van der Waals surface area contributed by atoms with E-state index in [0.717, 1.165) is 23.6 Å². The Hall–Kier alpha value is -3.16. The van der Waals surface area contributed by atoms with Gasteiger partial charge in [0.25, 0.3) is 11.8 Å². The minimum Gasteiger partial charge on any atom is -0.477 e. The molecule has 0 radical (unpaired) electrons. The number of nitrogens with zero attached hydrogens (tertiary/aromatic N) is 1. The van der Waals surface area contributed by atoms with Crippen molar-refractivity contribution >= 4 is 35.5 Å². The lowest BCUT2D eigenvalue weighted by Crippen LogP contribution is -2.70. The first kappa shape index (κ1) is 22.5. The van der Waals surface area contributed by atoms with Crippen LogP contribution in [0.25, 0.3) is 0 Å². The predicted octanol–water partition coefficient (Wildman–Crippen LogP) is 1.30. The molecule has 166 valence electrons. The van der Waals surface area contributed by atoms with Crippen LogP contribution in [-0.4, -0.2) is 57.5 Å². The number of carbonyl (C=O) groups excluding carboxylic acids is 3. The molecule has 2 heterocycles. The lowest BCUT2D eigenvalue weighted by atomic mass is 10.0. The molecule has 2 aliphatic heterocycles. The highest BCUT2D eigenvalue weighted by Gasteiger charge is 2.54. The van der Waals surface area contributed by atoms with E-state index in [2.05, 4.69) is 0 Å². The Bertz CT molecular complexity index is 1030. The highest BCUT2D eigenvalue weighted by molar-refractivity contribution is 8.00. The summed E-state index contributed by atoms with van der Waals surface area (Å²) < 4.78 is 72.2. The second-order valence-electron chi connectivity index (χ2n) is 6.34. The number of rotatable bonds is 5. The van der Waals surface area contributed by atoms with Crippen molar-refractivity contribution in [1.29, 1.82) is 0 Å². The third-order valence-corrected chi connectivity index (χ3v) is 5.76. The predicted molar refractivity (Wildman–Crippen MR) is 91.9 cm³/mol. The van der Waals surface area contributed by atoms with Gasteiger partial charge in [0, 0.05) is 18.2 Å². The molecule has 0 saturated carbocycles. The molecule has 1 aromatic rings. The molecule has 0 aliphatic carbocycles. The molecule has 0 bridgehead atoms. The number of aliphatic carboxylic acids is 1. The fourth-order valence-corrected chi connectivity index (χ4v) is 4.33. The molecule has 1 fully saturated rings. The number of β-lactam (4-membered cyclic amide) rings is 1. The van der Waals surface area contributed by atoms with Crippen molar-refractivity contribution in [2.45, 2.75) is 18.3 Å². The maximum Gasteiger partial charge on any atom is 0.352 e. The lowest BCUT2D eigenvalue weighted by Gasteiger charge is -2.49. The summed E-state index contributed by atoms with van der Waals surface area (Å²) in [6.07, 6.45) is 0. The van der Waals surface area contributed by atoms with Crippen LogP contribution in [0.3, 0.4) is 0 Å². The average Bonchev–Trinajstić information content (AvgIpc) is 2.72. The van der Waals surface area contributed by atoms with Gasteiger partial charge in [-0.05, 0) is 0 Å². The lowest BCUT2D eigenvalue weighted by molar-refractivity contribution is -0.149. The molecule has 0 spiro atoms. The summed E-state index contributed by atoms with van der Waals surface area (Å²) in [5.41, 5.74) is -2.16. The van der Waals surface area contributed by atoms with E-state index in [1.165, 1.54) is 0 Å². The molecule has 2 atom stereocenters. The summed E-state index contributed by atoms with van der Waals surface area (Å²) in [4.78, 5) is 47.9. The van der Waals surface area contributed by atoms with Gasteiger partial charge in [-0.2, -0.15) is 0 Å². The third-order valence-electron chi connectivity index (χ3n) is 4.42. The largest absolute Gasteiger partial charge is 0.477 e. The number of carbonyl (C=O) groups is 4. The zero-order valence-corrected chi connectivity index (χ0v) is 16.1. The summed E-state index contributed by atoms with van der Waals surface area (Å²) in [5, 5.41) is 10.3. The molecule has 31 heavy (non-hydrogen) atoms. The van der Waals surface area contributed by atoms with E-state index in [1.54, 1.807) is 0 Å². The SMILES string of the molecule is CC(=O)OCC1=C(C(=O)O)N2C(=O)[C@@H](NC(=O)c3c(F)c(F)c(F)c(F)c3F)[C@H]2SC1. The van der Waals surface area contributed by atoms with Crippen molar-refractivity contribution in [1.82, 2.24) is 10.2 Å². The molecule has 1 saturated heterocycles. The highest BCUT2D eigenvalue weighted by atomic mass is 32.2. The van der Waals surface area contributed by atoms with Crippen molar-refractivity contribution in [2.75, 3.05) is 12.4 Å². The second-order valence-corrected chi connectivity index (χ2v) is 7.45. The molecule has 0 aromatic heterocycles. The van der Waals surface area contributed by atoms with Gasteiger partial charge in [-0.1, -0.05) is 0 Å². The van der Waals surface area contributed by atoms with Crippen LogP contribution in [-0.2, 0) is 19.1 Å². The Kier molecular flexibility index (Phi) is 5.93. The second kappa shape index (κ2) is 8.17. The first-order valence-electron chi connectivity index (χ1n) is 8.33. The number of halogens is 5. The maximum absolute atomic E-state index is 13.8. The monoisotopic (exact) mass is 466 g/mol. The number of nitrogens with one attached hydrogen (secondary N) is 1. The minimum atomic E-state index is -2.45. The quantitative estimate of drug-likeness (QED) is 0.221. The summed E-state index contributed by atoms with van der Waals surface area (Å²) in [5.74, 6) is -16.8. The van der Waals surface area contributed by atoms with Crippen LogP contribution in [0.15, 0.2) is 11.3 Å². The van der Waals surface area contributed by atoms with Crippen molar-refractivity contribution in [3.05, 3.63) is 45.9 Å². The van der Waals surface area contributed by atoms with Crippen LogP contribution in [0.2, 0.25) is 0 Å². The first-order valence-corrected chi connectivity index (χ1v) is 9.37. The third kappa shape index (κ3) is 3.71. The summed E-state index contributed by atoms with van der Waals surface area (Å²) in [6.45, 7) is 0.696. The molecule has 1 aromatic carbocycles. The van der Waals surface area contributed by atoms with Crippen LogP contribution >= 0.6 is 11.8 Å². The molecule has 2 aliphatic rings. The standard InChI is InChI=1S/C17H11F5N2O6S/c1-4(25)30-2-5-3-31-16-12(15(27)24(16)13(5)17(28)29)23-14(26)6-7(18)9(20)11(22)10(21)8(6)19/h12,16H,2-3H2,1H3,(H,23,26)(H,28,29)/t12-,16-/m1/s1. The van der Waals surface area contributed by atoms with Crippen molar-refractivity contribution in [3.63, 3.8) is 0 Å². The van der Waals surface area contributed by atoms with Gasteiger partial charge in [0.2, 0.25) is 5.82 Å². The van der Waals surface area contributed by atoms with Crippen molar-refractivity contribution < 1.29 is 51.0 Å². The Morgan fingerprint density at radius 2 is 1.65 bits per heavy atom. The van der Waals surface area contributed by atoms with Crippen molar-refractivity contribution in [3.8, 4) is 0 Å². The van der Waals surface area contributed by atoms with E-state index in [0.29, 0.717) is 0 Å². The van der Waals surface area contributed by atoms with Crippen LogP contribution in [0.5, 0.6) is 0 Å². The fraction of sp³-hybridized carbons (Fsp3) is 0.294. The van der Waals surface area contributed by atoms with E-state index in [-0.39, 0.29) is 11.3 Å². The van der Waals surface area contributed by atoms with Crippen LogP contribution in [0.4, 0.5) is 22.0 Å².